The van der Waals surface area contributed by atoms with Gasteiger partial charge in [-0.15, -0.1) is 0 Å². The summed E-state index contributed by atoms with van der Waals surface area (Å²) < 4.78 is 0. The summed E-state index contributed by atoms with van der Waals surface area (Å²) in [6, 6.07) is 8.60. The minimum Gasteiger partial charge on any atom is -0.506 e. The Morgan fingerprint density at radius 1 is 1.04 bits per heavy atom. The minimum absolute atomic E-state index is 0.0103. The van der Waals surface area contributed by atoms with Crippen molar-refractivity contribution in [1.82, 2.24) is 0 Å². The summed E-state index contributed by atoms with van der Waals surface area (Å²) in [6.07, 6.45) is 2.71. The zero-order valence-corrected chi connectivity index (χ0v) is 13.3. The molecule has 0 saturated heterocycles. The molecule has 0 radical (unpaired) electrons. The van der Waals surface area contributed by atoms with Gasteiger partial charge in [-0.3, -0.25) is 10.1 Å². The molecule has 0 bridgehead atoms. The molecule has 0 aliphatic heterocycles. The third kappa shape index (κ3) is 3.47. The Morgan fingerprint density at radius 3 is 2.21 bits per heavy atom. The van der Waals surface area contributed by atoms with E-state index in [1.807, 2.05) is 6.07 Å². The second-order valence-corrected chi connectivity index (χ2v) is 5.44. The van der Waals surface area contributed by atoms with Crippen LogP contribution in [0.1, 0.15) is 22.3 Å². The summed E-state index contributed by atoms with van der Waals surface area (Å²) in [5.74, 6) is -0.228. The summed E-state index contributed by atoms with van der Waals surface area (Å²) in [6.45, 7) is 0. The van der Waals surface area contributed by atoms with E-state index in [-0.39, 0.29) is 43.7 Å². The lowest BCUT2D eigenvalue weighted by molar-refractivity contribution is -0.385. The number of halogens is 2. The van der Waals surface area contributed by atoms with Crippen molar-refractivity contribution < 1.29 is 10.0 Å². The second kappa shape index (κ2) is 7.01. The molecule has 0 spiro atoms. The average molecular weight is 360 g/mol. The first-order chi connectivity index (χ1) is 11.4. The molecule has 0 amide bonds. The van der Waals surface area contributed by atoms with E-state index < -0.39 is 4.92 Å². The number of nitriles is 2. The van der Waals surface area contributed by atoms with Gasteiger partial charge in [-0.05, 0) is 24.3 Å². The van der Waals surface area contributed by atoms with Crippen LogP contribution in [0, 0.1) is 32.8 Å². The van der Waals surface area contributed by atoms with Crippen molar-refractivity contribution in [1.29, 1.82) is 10.5 Å². The van der Waals surface area contributed by atoms with E-state index in [9.17, 15) is 15.2 Å². The van der Waals surface area contributed by atoms with E-state index in [2.05, 4.69) is 0 Å². The molecule has 0 fully saturated rings. The molecule has 0 aromatic heterocycles. The first-order valence-corrected chi connectivity index (χ1v) is 7.11. The Bertz CT molecular complexity index is 957. The smallest absolute Gasteiger partial charge is 0.277 e. The van der Waals surface area contributed by atoms with Gasteiger partial charge >= 0.3 is 0 Å². The summed E-state index contributed by atoms with van der Waals surface area (Å²) >= 11 is 11.7. The first-order valence-electron chi connectivity index (χ1n) is 6.36. The maximum Gasteiger partial charge on any atom is 0.277 e. The summed E-state index contributed by atoms with van der Waals surface area (Å²) in [5.41, 5.74) is -0.0591. The number of phenolic OH excluding ortho intramolecular Hbond substituents is 1. The zero-order chi connectivity index (χ0) is 17.9. The molecule has 0 unspecified atom stereocenters. The van der Waals surface area contributed by atoms with Crippen molar-refractivity contribution in [3.05, 3.63) is 66.7 Å². The number of rotatable bonds is 3. The molecule has 0 atom stereocenters. The number of nitro benzene ring substituents is 1. The van der Waals surface area contributed by atoms with Crippen LogP contribution >= 0.6 is 23.2 Å². The highest BCUT2D eigenvalue weighted by Gasteiger charge is 2.17. The molecule has 0 saturated carbocycles. The van der Waals surface area contributed by atoms with Gasteiger partial charge in [0.1, 0.15) is 17.9 Å². The summed E-state index contributed by atoms with van der Waals surface area (Å²) in [7, 11) is 0. The normalized spacial score (nSPS) is 10.3. The molecular weight excluding hydrogens is 353 g/mol. The largest absolute Gasteiger partial charge is 0.506 e. The van der Waals surface area contributed by atoms with Crippen LogP contribution in [0.15, 0.2) is 24.3 Å². The van der Waals surface area contributed by atoms with Gasteiger partial charge in [-0.2, -0.15) is 10.5 Å². The van der Waals surface area contributed by atoms with Crippen LogP contribution in [0.2, 0.25) is 10.0 Å². The van der Waals surface area contributed by atoms with E-state index in [1.165, 1.54) is 30.4 Å². The fraction of sp³-hybridized carbons (Fsp3) is 0. The van der Waals surface area contributed by atoms with Gasteiger partial charge in [0.15, 0.2) is 0 Å². The zero-order valence-electron chi connectivity index (χ0n) is 11.8. The first kappa shape index (κ1) is 17.3. The lowest BCUT2D eigenvalue weighted by Crippen LogP contribution is -1.95. The predicted molar refractivity (Wildman–Crippen MR) is 89.6 cm³/mol. The van der Waals surface area contributed by atoms with Gasteiger partial charge in [0, 0.05) is 16.7 Å². The van der Waals surface area contributed by atoms with Crippen LogP contribution in [0.3, 0.4) is 0 Å². The number of phenols is 1. The molecule has 1 N–H and O–H groups in total. The second-order valence-electron chi connectivity index (χ2n) is 4.60. The highest BCUT2D eigenvalue weighted by molar-refractivity contribution is 6.35. The molecule has 24 heavy (non-hydrogen) atoms. The molecule has 2 rings (SSSR count). The fourth-order valence-electron chi connectivity index (χ4n) is 1.97. The van der Waals surface area contributed by atoms with Gasteiger partial charge in [0.25, 0.3) is 5.69 Å². The van der Waals surface area contributed by atoms with E-state index in [4.69, 9.17) is 33.7 Å². The average Bonchev–Trinajstić information content (AvgIpc) is 2.55. The Hall–Kier alpha value is -3.06. The Balaban J connectivity index is 2.60. The molecule has 0 aliphatic rings. The van der Waals surface area contributed by atoms with Gasteiger partial charge < -0.3 is 5.11 Å². The molecule has 2 aromatic carbocycles. The minimum atomic E-state index is -0.660. The van der Waals surface area contributed by atoms with Crippen molar-refractivity contribution in [2.24, 2.45) is 0 Å². The number of nitro groups is 1. The highest BCUT2D eigenvalue weighted by Crippen LogP contribution is 2.33. The van der Waals surface area contributed by atoms with Gasteiger partial charge in [0.05, 0.1) is 26.6 Å². The number of hydrogen-bond acceptors (Lipinski definition) is 5. The monoisotopic (exact) mass is 359 g/mol. The Kier molecular flexibility index (Phi) is 5.05. The van der Waals surface area contributed by atoms with Crippen LogP contribution in [0.25, 0.3) is 12.2 Å². The molecule has 6 nitrogen and oxygen atoms in total. The maximum atomic E-state index is 11.2. The van der Waals surface area contributed by atoms with E-state index in [0.29, 0.717) is 0 Å². The van der Waals surface area contributed by atoms with Crippen molar-refractivity contribution in [2.45, 2.75) is 0 Å². The SMILES string of the molecule is N#Cc1cc(/C=C/c2cc(Cl)cc(Cl)c2O)c([N+](=O)[O-])cc1C#N. The topological polar surface area (TPSA) is 111 Å². The third-order valence-electron chi connectivity index (χ3n) is 3.10. The number of aromatic hydroxyl groups is 1. The predicted octanol–water partition coefficient (Wildman–Crippen LogP) is 4.52. The van der Waals surface area contributed by atoms with Crippen LogP contribution in [0.4, 0.5) is 5.69 Å². The molecular formula is C16H7Cl2N3O3. The van der Waals surface area contributed by atoms with Gasteiger partial charge in [-0.1, -0.05) is 29.3 Å². The Labute approximate surface area is 146 Å². The summed E-state index contributed by atoms with van der Waals surface area (Å²) in [4.78, 5) is 10.5. The Morgan fingerprint density at radius 2 is 1.62 bits per heavy atom. The van der Waals surface area contributed by atoms with Crippen molar-refractivity contribution in [3.8, 4) is 17.9 Å². The van der Waals surface area contributed by atoms with Crippen molar-refractivity contribution in [3.63, 3.8) is 0 Å². The molecule has 0 aliphatic carbocycles. The van der Waals surface area contributed by atoms with Crippen LogP contribution in [0.5, 0.6) is 5.75 Å². The van der Waals surface area contributed by atoms with Crippen LogP contribution < -0.4 is 0 Å². The molecule has 2 aromatic rings. The fourth-order valence-corrected chi connectivity index (χ4v) is 2.48. The maximum absolute atomic E-state index is 11.2. The third-order valence-corrected chi connectivity index (χ3v) is 3.61. The number of nitrogens with zero attached hydrogens (tertiary/aromatic N) is 3. The lowest BCUT2D eigenvalue weighted by atomic mass is 10.0. The molecule has 8 heteroatoms. The molecule has 0 heterocycles. The van der Waals surface area contributed by atoms with Gasteiger partial charge in [0.2, 0.25) is 0 Å². The van der Waals surface area contributed by atoms with E-state index in [1.54, 1.807) is 6.07 Å². The van der Waals surface area contributed by atoms with Crippen LogP contribution in [-0.2, 0) is 0 Å². The highest BCUT2D eigenvalue weighted by atomic mass is 35.5. The lowest BCUT2D eigenvalue weighted by Gasteiger charge is -2.04. The number of hydrogen-bond donors (Lipinski definition) is 1. The van der Waals surface area contributed by atoms with Gasteiger partial charge in [-0.25, -0.2) is 0 Å². The van der Waals surface area contributed by atoms with E-state index in [0.717, 1.165) is 6.07 Å². The van der Waals surface area contributed by atoms with E-state index >= 15 is 0 Å². The molecule has 118 valence electrons. The summed E-state index contributed by atoms with van der Waals surface area (Å²) in [5, 5.41) is 39.4. The standard InChI is InChI=1S/C16H7Cl2N3O3/c17-13-4-10(16(22)14(18)6-13)2-1-9-3-11(7-19)12(8-20)5-15(9)21(23)24/h1-6,22H/b2-1+. The van der Waals surface area contributed by atoms with Crippen LogP contribution in [-0.4, -0.2) is 10.0 Å². The van der Waals surface area contributed by atoms with Crippen molar-refractivity contribution >= 4 is 41.0 Å². The van der Waals surface area contributed by atoms with Crippen molar-refractivity contribution in [2.75, 3.05) is 0 Å². The quantitative estimate of drug-likeness (QED) is 0.491. The number of benzene rings is 2.